The van der Waals surface area contributed by atoms with Crippen LogP contribution in [0, 0.1) is 23.7 Å². The fourth-order valence-electron chi connectivity index (χ4n) is 6.58. The maximum atomic E-state index is 13.2. The molecule has 3 aliphatic rings. The molecule has 3 rings (SSSR count). The normalized spacial score (nSPS) is 46.5. The molecule has 0 radical (unpaired) electrons. The van der Waals surface area contributed by atoms with Gasteiger partial charge in [0.1, 0.15) is 24.1 Å². The minimum atomic E-state index is -1.25. The number of ether oxygens (including phenoxy) is 4. The molecule has 42 heavy (non-hydrogen) atoms. The Labute approximate surface area is 249 Å². The quantitative estimate of drug-likeness (QED) is 0.232. The number of allylic oxidation sites excluding steroid dienone is 1. The number of carbonyl (C=O) groups is 3. The molecule has 11 nitrogen and oxygen atoms in total. The monoisotopic (exact) mass is 597 g/mol. The van der Waals surface area contributed by atoms with Gasteiger partial charge in [-0.2, -0.15) is 0 Å². The second-order valence-electron chi connectivity index (χ2n) is 12.9. The number of nitrogens with zero attached hydrogens (tertiary/aromatic N) is 1. The van der Waals surface area contributed by atoms with E-state index in [-0.39, 0.29) is 37.1 Å². The van der Waals surface area contributed by atoms with Crippen molar-refractivity contribution < 1.29 is 48.7 Å². The maximum Gasteiger partial charge on any atom is 0.308 e. The van der Waals surface area contributed by atoms with E-state index in [0.29, 0.717) is 6.42 Å². The highest BCUT2D eigenvalue weighted by molar-refractivity contribution is 5.91. The molecule has 240 valence electrons. The number of cyclic esters (lactones) is 1. The number of likely N-dealkylation sites (N-methyl/N-ethyl adjacent to an activating group) is 1. The summed E-state index contributed by atoms with van der Waals surface area (Å²) < 4.78 is 24.0. The van der Waals surface area contributed by atoms with Crippen molar-refractivity contribution in [2.75, 3.05) is 14.1 Å². The zero-order valence-corrected chi connectivity index (χ0v) is 26.2. The summed E-state index contributed by atoms with van der Waals surface area (Å²) in [5, 5.41) is 33.1. The van der Waals surface area contributed by atoms with E-state index in [4.69, 9.17) is 18.9 Å². The third-order valence-corrected chi connectivity index (χ3v) is 9.42. The number of aliphatic hydroxyl groups excluding tert-OH is 3. The van der Waals surface area contributed by atoms with Crippen molar-refractivity contribution in [1.29, 1.82) is 0 Å². The Morgan fingerprint density at radius 1 is 1.10 bits per heavy atom. The van der Waals surface area contributed by atoms with Gasteiger partial charge in [-0.3, -0.25) is 9.59 Å². The standard InChI is InChI=1S/C31H51NO10/c1-9-23-18(4)29-31(6,42-29)12-10-21(34)16(2)14-20(11-13-33)28(17(3)22(35)15-24(36)40-23)41-30-27(38)25(32(7)8)26(37)19(5)39-30/h10,12-13,16-20,22-23,25-30,35,37-38H,9,11,14-15H2,1-8H3/b12-10-/t16-,17-,18+,19+,20+,22-,23-,25-,26-,27-,28-,29-,30-,31+/m1/s1. The van der Waals surface area contributed by atoms with Crippen LogP contribution in [0.4, 0.5) is 0 Å². The van der Waals surface area contributed by atoms with E-state index in [1.165, 1.54) is 6.08 Å². The highest BCUT2D eigenvalue weighted by Crippen LogP contribution is 2.45. The first kappa shape index (κ1) is 34.8. The van der Waals surface area contributed by atoms with Crippen molar-refractivity contribution in [3.63, 3.8) is 0 Å². The Balaban J connectivity index is 1.97. The molecule has 0 bridgehead atoms. The summed E-state index contributed by atoms with van der Waals surface area (Å²) in [6.07, 6.45) is -2.34. The van der Waals surface area contributed by atoms with Gasteiger partial charge in [0.2, 0.25) is 0 Å². The Kier molecular flexibility index (Phi) is 11.9. The molecule has 14 atom stereocenters. The van der Waals surface area contributed by atoms with Crippen LogP contribution in [0.25, 0.3) is 0 Å². The van der Waals surface area contributed by atoms with Crippen molar-refractivity contribution >= 4 is 18.0 Å². The topological polar surface area (TPSA) is 155 Å². The van der Waals surface area contributed by atoms with Crippen molar-refractivity contribution in [1.82, 2.24) is 4.90 Å². The van der Waals surface area contributed by atoms with Crippen LogP contribution in [-0.4, -0.2) is 113 Å². The molecule has 0 unspecified atom stereocenters. The first-order valence-electron chi connectivity index (χ1n) is 15.2. The number of hydrogen-bond donors (Lipinski definition) is 3. The first-order chi connectivity index (χ1) is 19.6. The predicted octanol–water partition coefficient (Wildman–Crippen LogP) is 1.64. The lowest BCUT2D eigenvalue weighted by Crippen LogP contribution is -2.63. The molecule has 11 heteroatoms. The number of epoxide rings is 1. The highest BCUT2D eigenvalue weighted by atomic mass is 16.7. The van der Waals surface area contributed by atoms with E-state index in [1.54, 1.807) is 45.8 Å². The fraction of sp³-hybridized carbons (Fsp3) is 0.839. The van der Waals surface area contributed by atoms with Gasteiger partial charge in [0.25, 0.3) is 0 Å². The van der Waals surface area contributed by atoms with E-state index in [1.807, 2.05) is 20.8 Å². The molecule has 3 aliphatic heterocycles. The Hall–Kier alpha value is -1.73. The second kappa shape index (κ2) is 14.4. The van der Waals surface area contributed by atoms with Gasteiger partial charge in [0, 0.05) is 24.2 Å². The van der Waals surface area contributed by atoms with Crippen LogP contribution in [0.3, 0.4) is 0 Å². The summed E-state index contributed by atoms with van der Waals surface area (Å²) in [4.78, 5) is 39.8. The second-order valence-corrected chi connectivity index (χ2v) is 12.9. The van der Waals surface area contributed by atoms with Gasteiger partial charge in [-0.05, 0) is 58.9 Å². The lowest BCUT2D eigenvalue weighted by molar-refractivity contribution is -0.304. The summed E-state index contributed by atoms with van der Waals surface area (Å²) in [5.41, 5.74) is -0.660. The summed E-state index contributed by atoms with van der Waals surface area (Å²) in [6, 6.07) is -0.696. The largest absolute Gasteiger partial charge is 0.462 e. The number of carbonyl (C=O) groups excluding carboxylic acids is 3. The molecule has 0 amide bonds. The van der Waals surface area contributed by atoms with Crippen molar-refractivity contribution in [2.45, 2.75) is 128 Å². The Bertz CT molecular complexity index is 973. The molecule has 2 fully saturated rings. The van der Waals surface area contributed by atoms with Gasteiger partial charge in [-0.1, -0.05) is 27.7 Å². The van der Waals surface area contributed by atoms with Crippen LogP contribution in [0.2, 0.25) is 0 Å². The molecule has 0 saturated carbocycles. The molecular formula is C31H51NO10. The third-order valence-electron chi connectivity index (χ3n) is 9.42. The lowest BCUT2D eigenvalue weighted by atomic mass is 9.79. The number of aldehydes is 1. The summed E-state index contributed by atoms with van der Waals surface area (Å²) in [6.45, 7) is 10.9. The molecule has 0 spiro atoms. The molecule has 2 saturated heterocycles. The van der Waals surface area contributed by atoms with Gasteiger partial charge in [0.15, 0.2) is 12.1 Å². The number of ketones is 1. The molecule has 0 aromatic carbocycles. The third kappa shape index (κ3) is 7.85. The Morgan fingerprint density at radius 2 is 1.76 bits per heavy atom. The minimum absolute atomic E-state index is 0.0178. The average Bonchev–Trinajstić information content (AvgIpc) is 3.61. The van der Waals surface area contributed by atoms with Crippen molar-refractivity contribution in [3.8, 4) is 0 Å². The molecule has 0 aromatic heterocycles. The van der Waals surface area contributed by atoms with Crippen LogP contribution >= 0.6 is 0 Å². The van der Waals surface area contributed by atoms with Crippen LogP contribution in [-0.2, 0) is 33.3 Å². The van der Waals surface area contributed by atoms with Crippen molar-refractivity contribution in [3.05, 3.63) is 12.2 Å². The van der Waals surface area contributed by atoms with E-state index in [2.05, 4.69) is 0 Å². The minimum Gasteiger partial charge on any atom is -0.462 e. The Morgan fingerprint density at radius 3 is 2.36 bits per heavy atom. The smallest absolute Gasteiger partial charge is 0.308 e. The van der Waals surface area contributed by atoms with Crippen LogP contribution < -0.4 is 0 Å². The van der Waals surface area contributed by atoms with E-state index in [0.717, 1.165) is 6.29 Å². The number of rotatable bonds is 6. The highest BCUT2D eigenvalue weighted by Gasteiger charge is 2.55. The zero-order valence-electron chi connectivity index (χ0n) is 26.2. The van der Waals surface area contributed by atoms with Gasteiger partial charge < -0.3 is 44.0 Å². The van der Waals surface area contributed by atoms with E-state index in [9.17, 15) is 29.7 Å². The molecule has 0 aromatic rings. The van der Waals surface area contributed by atoms with E-state index >= 15 is 0 Å². The molecule has 3 heterocycles. The molecule has 0 aliphatic carbocycles. The number of aliphatic hydroxyl groups is 3. The first-order valence-corrected chi connectivity index (χ1v) is 15.2. The zero-order chi connectivity index (χ0) is 31.5. The van der Waals surface area contributed by atoms with Gasteiger partial charge in [-0.25, -0.2) is 0 Å². The maximum absolute atomic E-state index is 13.2. The fourth-order valence-corrected chi connectivity index (χ4v) is 6.58. The lowest BCUT2D eigenvalue weighted by Gasteiger charge is -2.46. The molecular weight excluding hydrogens is 546 g/mol. The SMILES string of the molecule is CC[C@H]1OC(=O)C[C@@H](O)[C@@H](C)[C@@H](O[C@H]2O[C@@H](C)[C@@H](O)[C@@H](N(C)C)[C@H]2O)[C@@H](CC=O)C[C@@H](C)C(=O)/C=C\[C@]2(C)O[C@@H]2[C@H]1C. The van der Waals surface area contributed by atoms with Gasteiger partial charge in [0.05, 0.1) is 43.0 Å². The van der Waals surface area contributed by atoms with Gasteiger partial charge >= 0.3 is 5.97 Å². The van der Waals surface area contributed by atoms with Crippen molar-refractivity contribution in [2.24, 2.45) is 23.7 Å². The van der Waals surface area contributed by atoms with Gasteiger partial charge in [-0.15, -0.1) is 0 Å². The van der Waals surface area contributed by atoms with Crippen LogP contribution in [0.5, 0.6) is 0 Å². The number of esters is 1. The summed E-state index contributed by atoms with van der Waals surface area (Å²) >= 11 is 0. The summed E-state index contributed by atoms with van der Waals surface area (Å²) in [5.74, 6) is -2.59. The van der Waals surface area contributed by atoms with Crippen LogP contribution in [0.1, 0.15) is 67.2 Å². The predicted molar refractivity (Wildman–Crippen MR) is 153 cm³/mol. The van der Waals surface area contributed by atoms with Crippen LogP contribution in [0.15, 0.2) is 12.2 Å². The number of fused-ring (bicyclic) bond motifs is 1. The number of hydrogen-bond acceptors (Lipinski definition) is 11. The average molecular weight is 598 g/mol. The van der Waals surface area contributed by atoms with E-state index < -0.39 is 78.3 Å². The molecule has 3 N–H and O–H groups in total. The summed E-state index contributed by atoms with van der Waals surface area (Å²) in [7, 11) is 3.46.